The highest BCUT2D eigenvalue weighted by atomic mass is 32.1. The van der Waals surface area contributed by atoms with Gasteiger partial charge >= 0.3 is 0 Å². The minimum atomic E-state index is -0.272. The first-order valence-electron chi connectivity index (χ1n) is 9.91. The van der Waals surface area contributed by atoms with Crippen LogP contribution < -0.4 is 20.1 Å². The first-order chi connectivity index (χ1) is 13.8. The molecule has 0 aromatic heterocycles. The molecular weight excluding hydrogens is 384 g/mol. The number of benzene rings is 2. The van der Waals surface area contributed by atoms with Crippen LogP contribution in [0.2, 0.25) is 0 Å². The summed E-state index contributed by atoms with van der Waals surface area (Å²) in [5.41, 5.74) is 1.30. The van der Waals surface area contributed by atoms with Crippen LogP contribution in [0.1, 0.15) is 44.5 Å². The molecule has 0 atom stereocenters. The fourth-order valence-corrected chi connectivity index (χ4v) is 2.56. The van der Waals surface area contributed by atoms with Gasteiger partial charge < -0.3 is 14.8 Å². The third-order valence-corrected chi connectivity index (χ3v) is 4.21. The topological polar surface area (TPSA) is 59.6 Å². The van der Waals surface area contributed by atoms with Crippen LogP contribution >= 0.6 is 12.2 Å². The smallest absolute Gasteiger partial charge is 0.257 e. The third-order valence-electron chi connectivity index (χ3n) is 4.00. The van der Waals surface area contributed by atoms with Gasteiger partial charge in [0.1, 0.15) is 11.5 Å². The molecule has 0 heterocycles. The summed E-state index contributed by atoms with van der Waals surface area (Å²) in [6, 6.07) is 14.5. The van der Waals surface area contributed by atoms with E-state index < -0.39 is 0 Å². The zero-order chi connectivity index (χ0) is 21.2. The monoisotopic (exact) mass is 414 g/mol. The number of hydrogen-bond donors (Lipinski definition) is 2. The molecule has 0 spiro atoms. The maximum absolute atomic E-state index is 12.4. The molecule has 0 saturated heterocycles. The molecule has 0 unspecified atom stereocenters. The van der Waals surface area contributed by atoms with E-state index in [2.05, 4.69) is 38.3 Å². The summed E-state index contributed by atoms with van der Waals surface area (Å²) in [5, 5.41) is 5.93. The molecule has 2 rings (SSSR count). The highest BCUT2D eigenvalue weighted by Gasteiger charge is 2.09. The second-order valence-corrected chi connectivity index (χ2v) is 8.10. The van der Waals surface area contributed by atoms with Crippen molar-refractivity contribution in [3.63, 3.8) is 0 Å². The lowest BCUT2D eigenvalue weighted by Gasteiger charge is -2.12. The molecule has 0 aliphatic rings. The van der Waals surface area contributed by atoms with Crippen LogP contribution in [-0.2, 0) is 0 Å². The number of rotatable bonds is 9. The van der Waals surface area contributed by atoms with Crippen LogP contribution in [0.4, 0.5) is 5.69 Å². The Hall–Kier alpha value is -2.60. The molecular formula is C23H30N2O3S. The summed E-state index contributed by atoms with van der Waals surface area (Å²) in [6.45, 7) is 9.84. The number of anilines is 1. The number of ether oxygens (including phenoxy) is 2. The number of nitrogens with one attached hydrogen (secondary N) is 2. The van der Waals surface area contributed by atoms with E-state index >= 15 is 0 Å². The summed E-state index contributed by atoms with van der Waals surface area (Å²) in [6.07, 6.45) is 1.01. The molecule has 0 aliphatic carbocycles. The summed E-state index contributed by atoms with van der Waals surface area (Å²) in [7, 11) is 0. The van der Waals surface area contributed by atoms with Crippen molar-refractivity contribution in [1.82, 2.24) is 5.32 Å². The minimum Gasteiger partial charge on any atom is -0.494 e. The fraction of sp³-hybridized carbons (Fsp3) is 0.391. The van der Waals surface area contributed by atoms with Gasteiger partial charge in [-0.2, -0.15) is 0 Å². The lowest BCUT2D eigenvalue weighted by molar-refractivity contribution is 0.0977. The van der Waals surface area contributed by atoms with Crippen molar-refractivity contribution >= 4 is 28.9 Å². The molecule has 6 heteroatoms. The van der Waals surface area contributed by atoms with Crippen LogP contribution in [0.5, 0.6) is 11.5 Å². The Morgan fingerprint density at radius 3 is 2.07 bits per heavy atom. The molecule has 2 N–H and O–H groups in total. The van der Waals surface area contributed by atoms with Crippen molar-refractivity contribution < 1.29 is 14.3 Å². The number of thiocarbonyl (C=S) groups is 1. The predicted molar refractivity (Wildman–Crippen MR) is 122 cm³/mol. The third kappa shape index (κ3) is 8.52. The fourth-order valence-electron chi connectivity index (χ4n) is 2.35. The van der Waals surface area contributed by atoms with E-state index in [1.807, 2.05) is 24.3 Å². The van der Waals surface area contributed by atoms with Gasteiger partial charge in [-0.1, -0.05) is 27.7 Å². The molecule has 5 nitrogen and oxygen atoms in total. The van der Waals surface area contributed by atoms with Crippen molar-refractivity contribution in [3.8, 4) is 11.5 Å². The summed E-state index contributed by atoms with van der Waals surface area (Å²) in [5.74, 6) is 2.34. The Kier molecular flexibility index (Phi) is 8.93. The van der Waals surface area contributed by atoms with Crippen molar-refractivity contribution in [2.24, 2.45) is 11.8 Å². The first kappa shape index (κ1) is 22.7. The summed E-state index contributed by atoms with van der Waals surface area (Å²) in [4.78, 5) is 12.4. The number of hydrogen-bond acceptors (Lipinski definition) is 4. The summed E-state index contributed by atoms with van der Waals surface area (Å²) < 4.78 is 11.3. The van der Waals surface area contributed by atoms with Crippen molar-refractivity contribution in [3.05, 3.63) is 54.1 Å². The summed E-state index contributed by atoms with van der Waals surface area (Å²) >= 11 is 5.24. The standard InChI is InChI=1S/C23H30N2O3S/c1-16(2)13-14-27-20-11-7-19(8-12-20)24-23(29)25-22(26)18-5-9-21(10-6-18)28-15-17(3)4/h5-12,16-17H,13-15H2,1-4H3,(H2,24,25,26,29). The zero-order valence-electron chi connectivity index (χ0n) is 17.5. The lowest BCUT2D eigenvalue weighted by Crippen LogP contribution is -2.34. The van der Waals surface area contributed by atoms with Gasteiger partial charge in [0.2, 0.25) is 0 Å². The van der Waals surface area contributed by atoms with Crippen molar-refractivity contribution in [2.75, 3.05) is 18.5 Å². The van der Waals surface area contributed by atoms with E-state index in [0.717, 1.165) is 23.6 Å². The van der Waals surface area contributed by atoms with Gasteiger partial charge in [0.05, 0.1) is 13.2 Å². The quantitative estimate of drug-likeness (QED) is 0.547. The predicted octanol–water partition coefficient (Wildman–Crippen LogP) is 5.27. The van der Waals surface area contributed by atoms with Crippen LogP contribution in [0.25, 0.3) is 0 Å². The van der Waals surface area contributed by atoms with E-state index in [1.54, 1.807) is 24.3 Å². The molecule has 156 valence electrons. The molecule has 1 amide bonds. The Morgan fingerprint density at radius 2 is 1.48 bits per heavy atom. The second-order valence-electron chi connectivity index (χ2n) is 7.69. The first-order valence-corrected chi connectivity index (χ1v) is 10.3. The molecule has 0 saturated carbocycles. The van der Waals surface area contributed by atoms with E-state index in [-0.39, 0.29) is 11.0 Å². The Bertz CT molecular complexity index is 787. The van der Waals surface area contributed by atoms with Gasteiger partial charge in [-0.25, -0.2) is 0 Å². The molecule has 2 aromatic carbocycles. The van der Waals surface area contributed by atoms with Crippen LogP contribution in [0, 0.1) is 11.8 Å². The number of carbonyl (C=O) groups excluding carboxylic acids is 1. The normalized spacial score (nSPS) is 10.7. The molecule has 0 bridgehead atoms. The van der Waals surface area contributed by atoms with Gasteiger partial charge in [0.15, 0.2) is 5.11 Å². The molecule has 29 heavy (non-hydrogen) atoms. The largest absolute Gasteiger partial charge is 0.494 e. The van der Waals surface area contributed by atoms with Gasteiger partial charge in [-0.3, -0.25) is 10.1 Å². The SMILES string of the molecule is CC(C)CCOc1ccc(NC(=S)NC(=O)c2ccc(OCC(C)C)cc2)cc1. The minimum absolute atomic E-state index is 0.239. The second kappa shape index (κ2) is 11.4. The Morgan fingerprint density at radius 1 is 0.897 bits per heavy atom. The number of carbonyl (C=O) groups is 1. The lowest BCUT2D eigenvalue weighted by atomic mass is 10.1. The Labute approximate surface area is 178 Å². The van der Waals surface area contributed by atoms with Gasteiger partial charge in [0, 0.05) is 11.3 Å². The van der Waals surface area contributed by atoms with Crippen LogP contribution in [-0.4, -0.2) is 24.2 Å². The Balaban J connectivity index is 1.81. The van der Waals surface area contributed by atoms with Gasteiger partial charge in [0.25, 0.3) is 5.91 Å². The van der Waals surface area contributed by atoms with Gasteiger partial charge in [-0.05, 0) is 79.0 Å². The average Bonchev–Trinajstić information content (AvgIpc) is 2.67. The maximum Gasteiger partial charge on any atom is 0.257 e. The zero-order valence-corrected chi connectivity index (χ0v) is 18.3. The highest BCUT2D eigenvalue weighted by molar-refractivity contribution is 7.80. The molecule has 0 aliphatic heterocycles. The molecule has 2 aromatic rings. The van der Waals surface area contributed by atoms with Crippen LogP contribution in [0.3, 0.4) is 0 Å². The average molecular weight is 415 g/mol. The molecule has 0 fully saturated rings. The van der Waals surface area contributed by atoms with E-state index in [9.17, 15) is 4.79 Å². The van der Waals surface area contributed by atoms with Crippen molar-refractivity contribution in [1.29, 1.82) is 0 Å². The van der Waals surface area contributed by atoms with Crippen molar-refractivity contribution in [2.45, 2.75) is 34.1 Å². The van der Waals surface area contributed by atoms with Gasteiger partial charge in [-0.15, -0.1) is 0 Å². The highest BCUT2D eigenvalue weighted by Crippen LogP contribution is 2.17. The van der Waals surface area contributed by atoms with E-state index in [4.69, 9.17) is 21.7 Å². The van der Waals surface area contributed by atoms with Crippen LogP contribution in [0.15, 0.2) is 48.5 Å². The molecule has 0 radical (unpaired) electrons. The van der Waals surface area contributed by atoms with E-state index in [0.29, 0.717) is 30.6 Å². The maximum atomic E-state index is 12.4. The van der Waals surface area contributed by atoms with E-state index in [1.165, 1.54) is 0 Å². The number of amides is 1.